The number of anilines is 1. The van der Waals surface area contributed by atoms with Gasteiger partial charge >= 0.3 is 0 Å². The van der Waals surface area contributed by atoms with E-state index in [4.69, 9.17) is 0 Å². The number of thioether (sulfide) groups is 1. The van der Waals surface area contributed by atoms with Crippen LogP contribution in [0.2, 0.25) is 0 Å². The largest absolute Gasteiger partial charge is 0.343 e. The third kappa shape index (κ3) is 3.52. The van der Waals surface area contributed by atoms with Crippen molar-refractivity contribution in [2.45, 2.75) is 0 Å². The summed E-state index contributed by atoms with van der Waals surface area (Å²) in [5.74, 6) is 1.87. The maximum atomic E-state index is 4.19. The number of hydrogen-bond donors (Lipinski definition) is 0. The van der Waals surface area contributed by atoms with Crippen molar-refractivity contribution < 1.29 is 0 Å². The quantitative estimate of drug-likeness (QED) is 0.830. The fraction of sp³-hybridized carbons (Fsp3) is 0.500. The van der Waals surface area contributed by atoms with Crippen LogP contribution in [0, 0.1) is 0 Å². The first-order chi connectivity index (χ1) is 6.24. The number of aromatic nitrogens is 2. The van der Waals surface area contributed by atoms with Gasteiger partial charge in [-0.05, 0) is 22.2 Å². The van der Waals surface area contributed by atoms with Gasteiger partial charge in [-0.25, -0.2) is 9.97 Å². The lowest BCUT2D eigenvalue weighted by Crippen LogP contribution is -2.22. The molecule has 0 N–H and O–H groups in total. The molecule has 0 bridgehead atoms. The van der Waals surface area contributed by atoms with Gasteiger partial charge in [-0.3, -0.25) is 0 Å². The van der Waals surface area contributed by atoms with Crippen molar-refractivity contribution in [3.63, 3.8) is 0 Å². The third-order valence-electron chi connectivity index (χ3n) is 1.58. The van der Waals surface area contributed by atoms with E-state index in [1.807, 2.05) is 23.7 Å². The Morgan fingerprint density at radius 3 is 2.62 bits per heavy atom. The molecule has 1 rings (SSSR count). The van der Waals surface area contributed by atoms with Gasteiger partial charge in [0, 0.05) is 31.7 Å². The molecule has 1 aromatic rings. The summed E-state index contributed by atoms with van der Waals surface area (Å²) in [7, 11) is 2.00. The molecule has 0 radical (unpaired) electrons. The molecule has 0 fully saturated rings. The summed E-state index contributed by atoms with van der Waals surface area (Å²) in [6, 6.07) is 0. The van der Waals surface area contributed by atoms with Crippen molar-refractivity contribution in [1.29, 1.82) is 0 Å². The lowest BCUT2D eigenvalue weighted by Gasteiger charge is -2.15. The molecule has 1 aromatic heterocycles. The van der Waals surface area contributed by atoms with Crippen LogP contribution in [0.15, 0.2) is 16.9 Å². The van der Waals surface area contributed by atoms with E-state index in [1.165, 1.54) is 0 Å². The molecule has 13 heavy (non-hydrogen) atoms. The smallest absolute Gasteiger partial charge is 0.225 e. The first kappa shape index (κ1) is 10.8. The third-order valence-corrected chi connectivity index (χ3v) is 2.58. The minimum Gasteiger partial charge on any atom is -0.343 e. The zero-order valence-electron chi connectivity index (χ0n) is 7.70. The normalized spacial score (nSPS) is 10.1. The highest BCUT2D eigenvalue weighted by Gasteiger charge is 2.01. The van der Waals surface area contributed by atoms with Crippen molar-refractivity contribution in [3.8, 4) is 0 Å². The highest BCUT2D eigenvalue weighted by Crippen LogP contribution is 2.09. The summed E-state index contributed by atoms with van der Waals surface area (Å²) in [5, 5.41) is 0. The second-order valence-corrected chi connectivity index (χ2v) is 4.52. The number of hydrogen-bond acceptors (Lipinski definition) is 4. The summed E-state index contributed by atoms with van der Waals surface area (Å²) in [6.07, 6.45) is 5.62. The van der Waals surface area contributed by atoms with Crippen LogP contribution in [0.4, 0.5) is 5.95 Å². The Hall–Kier alpha value is -0.290. The van der Waals surface area contributed by atoms with E-state index in [2.05, 4.69) is 32.2 Å². The Morgan fingerprint density at radius 2 is 2.08 bits per heavy atom. The molecule has 1 heterocycles. The Balaban J connectivity index is 2.55. The Kier molecular flexibility index (Phi) is 4.52. The topological polar surface area (TPSA) is 29.0 Å². The summed E-state index contributed by atoms with van der Waals surface area (Å²) in [6.45, 7) is 0.975. The second kappa shape index (κ2) is 5.44. The molecule has 3 nitrogen and oxygen atoms in total. The van der Waals surface area contributed by atoms with Crippen molar-refractivity contribution in [2.24, 2.45) is 0 Å². The van der Waals surface area contributed by atoms with E-state index in [-0.39, 0.29) is 0 Å². The van der Waals surface area contributed by atoms with E-state index < -0.39 is 0 Å². The van der Waals surface area contributed by atoms with Crippen LogP contribution in [-0.2, 0) is 0 Å². The Morgan fingerprint density at radius 1 is 1.46 bits per heavy atom. The highest BCUT2D eigenvalue weighted by molar-refractivity contribution is 9.10. The molecule has 0 atom stereocenters. The highest BCUT2D eigenvalue weighted by atomic mass is 79.9. The van der Waals surface area contributed by atoms with Gasteiger partial charge < -0.3 is 4.90 Å². The predicted octanol–water partition coefficient (Wildman–Crippen LogP) is 2.04. The maximum Gasteiger partial charge on any atom is 0.225 e. The van der Waals surface area contributed by atoms with Crippen LogP contribution >= 0.6 is 27.7 Å². The monoisotopic (exact) mass is 261 g/mol. The molecule has 0 spiro atoms. The van der Waals surface area contributed by atoms with Crippen LogP contribution in [0.3, 0.4) is 0 Å². The Bertz CT molecular complexity index is 252. The van der Waals surface area contributed by atoms with Crippen LogP contribution in [0.1, 0.15) is 0 Å². The number of halogens is 1. The second-order valence-electron chi connectivity index (χ2n) is 2.62. The molecule has 0 aromatic carbocycles. The lowest BCUT2D eigenvalue weighted by atomic mass is 10.6. The fourth-order valence-corrected chi connectivity index (χ4v) is 1.49. The molecule has 0 amide bonds. The van der Waals surface area contributed by atoms with E-state index in [0.717, 1.165) is 22.7 Å². The van der Waals surface area contributed by atoms with E-state index in [1.54, 1.807) is 12.4 Å². The molecule has 5 heteroatoms. The van der Waals surface area contributed by atoms with Gasteiger partial charge in [0.15, 0.2) is 0 Å². The summed E-state index contributed by atoms with van der Waals surface area (Å²) in [5.41, 5.74) is 0. The van der Waals surface area contributed by atoms with Crippen LogP contribution in [0.25, 0.3) is 0 Å². The van der Waals surface area contributed by atoms with Crippen molar-refractivity contribution >= 4 is 33.6 Å². The number of rotatable bonds is 4. The first-order valence-corrected chi connectivity index (χ1v) is 6.10. The molecule has 0 aliphatic heterocycles. The molecular weight excluding hydrogens is 250 g/mol. The van der Waals surface area contributed by atoms with Crippen LogP contribution < -0.4 is 4.90 Å². The van der Waals surface area contributed by atoms with Gasteiger partial charge in [0.05, 0.1) is 4.47 Å². The van der Waals surface area contributed by atoms with Crippen LogP contribution in [-0.4, -0.2) is 35.6 Å². The summed E-state index contributed by atoms with van der Waals surface area (Å²) < 4.78 is 0.912. The fourth-order valence-electron chi connectivity index (χ4n) is 0.831. The summed E-state index contributed by atoms with van der Waals surface area (Å²) >= 11 is 5.12. The summed E-state index contributed by atoms with van der Waals surface area (Å²) in [4.78, 5) is 10.4. The first-order valence-electron chi connectivity index (χ1n) is 3.91. The van der Waals surface area contributed by atoms with Gasteiger partial charge in [-0.1, -0.05) is 0 Å². The van der Waals surface area contributed by atoms with Gasteiger partial charge in [0.2, 0.25) is 5.95 Å². The molecule has 0 saturated heterocycles. The molecule has 0 aliphatic carbocycles. The zero-order chi connectivity index (χ0) is 9.68. The average Bonchev–Trinajstić information content (AvgIpc) is 2.15. The van der Waals surface area contributed by atoms with E-state index in [0.29, 0.717) is 0 Å². The van der Waals surface area contributed by atoms with Crippen molar-refractivity contribution in [3.05, 3.63) is 16.9 Å². The Labute approximate surface area is 91.1 Å². The molecule has 0 unspecified atom stereocenters. The predicted molar refractivity (Wildman–Crippen MR) is 61.4 cm³/mol. The minimum atomic E-state index is 0.775. The lowest BCUT2D eigenvalue weighted by molar-refractivity contribution is 0.905. The minimum absolute atomic E-state index is 0.775. The molecular formula is C8H12BrN3S. The number of nitrogens with zero attached hydrogens (tertiary/aromatic N) is 3. The molecule has 72 valence electrons. The van der Waals surface area contributed by atoms with Crippen LogP contribution in [0.5, 0.6) is 0 Å². The molecule has 0 saturated carbocycles. The van der Waals surface area contributed by atoms with Gasteiger partial charge in [-0.2, -0.15) is 11.8 Å². The van der Waals surface area contributed by atoms with E-state index >= 15 is 0 Å². The van der Waals surface area contributed by atoms with Crippen molar-refractivity contribution in [2.75, 3.05) is 30.5 Å². The average molecular weight is 262 g/mol. The maximum absolute atomic E-state index is 4.19. The van der Waals surface area contributed by atoms with Crippen molar-refractivity contribution in [1.82, 2.24) is 9.97 Å². The SMILES string of the molecule is CSCCN(C)c1ncc(Br)cn1. The zero-order valence-corrected chi connectivity index (χ0v) is 10.1. The molecule has 0 aliphatic rings. The van der Waals surface area contributed by atoms with Gasteiger partial charge in [0.25, 0.3) is 0 Å². The van der Waals surface area contributed by atoms with E-state index in [9.17, 15) is 0 Å². The van der Waals surface area contributed by atoms with Gasteiger partial charge in [-0.15, -0.1) is 0 Å². The van der Waals surface area contributed by atoms with Gasteiger partial charge in [0.1, 0.15) is 0 Å². The standard InChI is InChI=1S/C8H12BrN3S/c1-12(3-4-13-2)8-10-5-7(9)6-11-8/h5-6H,3-4H2,1-2H3.